The van der Waals surface area contributed by atoms with Crippen LogP contribution in [0.2, 0.25) is 0 Å². The summed E-state index contributed by atoms with van der Waals surface area (Å²) in [6, 6.07) is 0. The molecule has 1 rings (SSSR count). The first kappa shape index (κ1) is 16.7. The van der Waals surface area contributed by atoms with Gasteiger partial charge in [0.1, 0.15) is 0 Å². The van der Waals surface area contributed by atoms with Gasteiger partial charge in [-0.15, -0.1) is 0 Å². The van der Waals surface area contributed by atoms with E-state index in [1.165, 1.54) is 12.0 Å². The van der Waals surface area contributed by atoms with Gasteiger partial charge in [0.25, 0.3) is 0 Å². The molecule has 0 aromatic rings. The molecule has 0 aromatic carbocycles. The van der Waals surface area contributed by atoms with Gasteiger partial charge in [0.15, 0.2) is 0 Å². The molecule has 114 valence electrons. The first-order chi connectivity index (χ1) is 9.28. The van der Waals surface area contributed by atoms with Gasteiger partial charge < -0.3 is 10.4 Å². The van der Waals surface area contributed by atoms with E-state index in [-0.39, 0.29) is 17.9 Å². The van der Waals surface area contributed by atoms with E-state index in [2.05, 4.69) is 11.4 Å². The molecule has 0 aliphatic heterocycles. The van der Waals surface area contributed by atoms with Crippen LogP contribution in [0, 0.1) is 11.3 Å². The lowest BCUT2D eigenvalue weighted by molar-refractivity contribution is -0.142. The number of carbonyl (C=O) groups excluding carboxylic acids is 1. The lowest BCUT2D eigenvalue weighted by atomic mass is 9.84. The van der Waals surface area contributed by atoms with Gasteiger partial charge in [-0.2, -0.15) is 0 Å². The van der Waals surface area contributed by atoms with Crippen LogP contribution in [-0.4, -0.2) is 23.5 Å². The highest BCUT2D eigenvalue weighted by Gasteiger charge is 2.25. The number of carboxylic acid groups (broad SMARTS) is 1. The number of hydrogen-bond acceptors (Lipinski definition) is 2. The van der Waals surface area contributed by atoms with Crippen molar-refractivity contribution in [2.24, 2.45) is 11.3 Å². The van der Waals surface area contributed by atoms with Gasteiger partial charge in [0, 0.05) is 13.0 Å². The fourth-order valence-electron chi connectivity index (χ4n) is 2.56. The zero-order valence-corrected chi connectivity index (χ0v) is 12.9. The molecule has 2 N–H and O–H groups in total. The van der Waals surface area contributed by atoms with E-state index in [0.29, 0.717) is 12.8 Å². The van der Waals surface area contributed by atoms with E-state index < -0.39 is 11.9 Å². The van der Waals surface area contributed by atoms with Crippen LogP contribution in [0.1, 0.15) is 59.3 Å². The Hall–Kier alpha value is -1.32. The lowest BCUT2D eigenvalue weighted by Gasteiger charge is -2.23. The highest BCUT2D eigenvalue weighted by atomic mass is 16.4. The number of carbonyl (C=O) groups is 2. The van der Waals surface area contributed by atoms with Crippen molar-refractivity contribution in [3.63, 3.8) is 0 Å². The van der Waals surface area contributed by atoms with E-state index >= 15 is 0 Å². The van der Waals surface area contributed by atoms with Crippen molar-refractivity contribution in [2.45, 2.75) is 59.3 Å². The van der Waals surface area contributed by atoms with Crippen LogP contribution < -0.4 is 5.32 Å². The molecule has 1 aliphatic carbocycles. The number of hydrogen-bond donors (Lipinski definition) is 2. The fraction of sp³-hybridized carbons (Fsp3) is 0.750. The van der Waals surface area contributed by atoms with Crippen molar-refractivity contribution < 1.29 is 14.7 Å². The van der Waals surface area contributed by atoms with Crippen LogP contribution in [0.4, 0.5) is 0 Å². The van der Waals surface area contributed by atoms with Crippen LogP contribution >= 0.6 is 0 Å². The molecule has 1 unspecified atom stereocenters. The molecule has 0 bridgehead atoms. The predicted molar refractivity (Wildman–Crippen MR) is 79.4 cm³/mol. The van der Waals surface area contributed by atoms with Gasteiger partial charge in [-0.1, -0.05) is 32.4 Å². The molecule has 4 heteroatoms. The minimum absolute atomic E-state index is 0.0559. The Labute approximate surface area is 121 Å². The van der Waals surface area contributed by atoms with Gasteiger partial charge in [0.2, 0.25) is 5.91 Å². The summed E-state index contributed by atoms with van der Waals surface area (Å²) in [5.74, 6) is -1.41. The summed E-state index contributed by atoms with van der Waals surface area (Å²) >= 11 is 0. The lowest BCUT2D eigenvalue weighted by Crippen LogP contribution is -2.35. The molecule has 1 amide bonds. The second kappa shape index (κ2) is 7.46. The topological polar surface area (TPSA) is 66.4 Å². The average Bonchev–Trinajstić information content (AvgIpc) is 2.34. The van der Waals surface area contributed by atoms with E-state index in [1.54, 1.807) is 0 Å². The Morgan fingerprint density at radius 2 is 2.05 bits per heavy atom. The largest absolute Gasteiger partial charge is 0.481 e. The molecule has 1 atom stereocenters. The third-order valence-corrected chi connectivity index (χ3v) is 3.53. The van der Waals surface area contributed by atoms with Crippen molar-refractivity contribution >= 4 is 11.9 Å². The van der Waals surface area contributed by atoms with Gasteiger partial charge in [-0.3, -0.25) is 9.59 Å². The highest BCUT2D eigenvalue weighted by Crippen LogP contribution is 2.24. The Kier molecular flexibility index (Phi) is 6.24. The summed E-state index contributed by atoms with van der Waals surface area (Å²) in [7, 11) is 0. The summed E-state index contributed by atoms with van der Waals surface area (Å²) in [5, 5.41) is 12.0. The van der Waals surface area contributed by atoms with Crippen LogP contribution in [0.3, 0.4) is 0 Å². The monoisotopic (exact) mass is 281 g/mol. The van der Waals surface area contributed by atoms with Crippen LogP contribution in [0.15, 0.2) is 11.6 Å². The molecular formula is C16H27NO3. The van der Waals surface area contributed by atoms with Gasteiger partial charge in [-0.25, -0.2) is 0 Å². The molecule has 4 nitrogen and oxygen atoms in total. The SMILES string of the molecule is CC(C)(C)CC(CNC(=O)CC1=CCCCC1)C(=O)O. The molecule has 0 fully saturated rings. The highest BCUT2D eigenvalue weighted by molar-refractivity contribution is 5.79. The van der Waals surface area contributed by atoms with E-state index in [9.17, 15) is 14.7 Å². The molecule has 0 spiro atoms. The van der Waals surface area contributed by atoms with Crippen molar-refractivity contribution in [1.29, 1.82) is 0 Å². The minimum Gasteiger partial charge on any atom is -0.481 e. The number of rotatable bonds is 6. The number of carboxylic acids is 1. The summed E-state index contributed by atoms with van der Waals surface area (Å²) in [4.78, 5) is 23.1. The maximum Gasteiger partial charge on any atom is 0.308 e. The van der Waals surface area contributed by atoms with E-state index in [4.69, 9.17) is 0 Å². The summed E-state index contributed by atoms with van der Waals surface area (Å²) in [5.41, 5.74) is 1.14. The Bertz CT molecular complexity index is 380. The Morgan fingerprint density at radius 1 is 1.35 bits per heavy atom. The van der Waals surface area contributed by atoms with Crippen molar-refractivity contribution in [3.8, 4) is 0 Å². The standard InChI is InChI=1S/C16H27NO3/c1-16(2,3)10-13(15(19)20)11-17-14(18)9-12-7-5-4-6-8-12/h7,13H,4-6,8-11H2,1-3H3,(H,17,18)(H,19,20). The maximum atomic E-state index is 11.9. The smallest absolute Gasteiger partial charge is 0.308 e. The van der Waals surface area contributed by atoms with Gasteiger partial charge in [0.05, 0.1) is 5.92 Å². The van der Waals surface area contributed by atoms with E-state index in [0.717, 1.165) is 19.3 Å². The molecule has 0 saturated carbocycles. The molecule has 0 radical (unpaired) electrons. The third kappa shape index (κ3) is 6.73. The Balaban J connectivity index is 2.40. The molecule has 1 aliphatic rings. The quantitative estimate of drug-likeness (QED) is 0.735. The summed E-state index contributed by atoms with van der Waals surface area (Å²) in [6.45, 7) is 6.26. The normalized spacial score (nSPS) is 17.2. The molecule has 0 aromatic heterocycles. The molecule has 20 heavy (non-hydrogen) atoms. The third-order valence-electron chi connectivity index (χ3n) is 3.53. The van der Waals surface area contributed by atoms with Crippen LogP contribution in [-0.2, 0) is 9.59 Å². The number of nitrogens with one attached hydrogen (secondary N) is 1. The second-order valence-electron chi connectivity index (χ2n) is 6.89. The average molecular weight is 281 g/mol. The number of aliphatic carboxylic acids is 1. The Morgan fingerprint density at radius 3 is 2.55 bits per heavy atom. The molecule has 0 heterocycles. The summed E-state index contributed by atoms with van der Waals surface area (Å²) in [6.07, 6.45) is 7.54. The van der Waals surface area contributed by atoms with Crippen molar-refractivity contribution in [2.75, 3.05) is 6.54 Å². The maximum absolute atomic E-state index is 11.9. The van der Waals surface area contributed by atoms with Crippen molar-refractivity contribution in [3.05, 3.63) is 11.6 Å². The molecular weight excluding hydrogens is 254 g/mol. The summed E-state index contributed by atoms with van der Waals surface area (Å²) < 4.78 is 0. The van der Waals surface area contributed by atoms with Gasteiger partial charge in [-0.05, 0) is 37.5 Å². The first-order valence-electron chi connectivity index (χ1n) is 7.45. The second-order valence-corrected chi connectivity index (χ2v) is 6.89. The van der Waals surface area contributed by atoms with Gasteiger partial charge >= 0.3 is 5.97 Å². The van der Waals surface area contributed by atoms with Crippen molar-refractivity contribution in [1.82, 2.24) is 5.32 Å². The van der Waals surface area contributed by atoms with E-state index in [1.807, 2.05) is 20.8 Å². The number of amides is 1. The minimum atomic E-state index is -0.836. The zero-order valence-electron chi connectivity index (χ0n) is 12.9. The van der Waals surface area contributed by atoms with Crippen LogP contribution in [0.25, 0.3) is 0 Å². The predicted octanol–water partition coefficient (Wildman–Crippen LogP) is 3.13. The zero-order chi connectivity index (χ0) is 15.2. The first-order valence-corrected chi connectivity index (χ1v) is 7.45. The molecule has 0 saturated heterocycles. The number of allylic oxidation sites excluding steroid dienone is 1. The fourth-order valence-corrected chi connectivity index (χ4v) is 2.56. The van der Waals surface area contributed by atoms with Crippen LogP contribution in [0.5, 0.6) is 0 Å².